The van der Waals surface area contributed by atoms with Gasteiger partial charge in [0.2, 0.25) is 0 Å². The molecule has 0 bridgehead atoms. The van der Waals surface area contributed by atoms with Crippen LogP contribution in [0.2, 0.25) is 5.02 Å². The van der Waals surface area contributed by atoms with Crippen molar-refractivity contribution in [3.63, 3.8) is 0 Å². The van der Waals surface area contributed by atoms with Gasteiger partial charge in [0.05, 0.1) is 30.2 Å². The highest BCUT2D eigenvalue weighted by atomic mass is 35.5. The van der Waals surface area contributed by atoms with Gasteiger partial charge >= 0.3 is 0 Å². The highest BCUT2D eigenvalue weighted by Gasteiger charge is 2.42. The molecule has 178 valence electrons. The van der Waals surface area contributed by atoms with Crippen LogP contribution in [0.1, 0.15) is 61.7 Å². The van der Waals surface area contributed by atoms with Crippen LogP contribution in [0, 0.1) is 0 Å². The van der Waals surface area contributed by atoms with Crippen LogP contribution in [0.4, 0.5) is 5.69 Å². The molecule has 2 aromatic carbocycles. The number of piperidine rings is 1. The van der Waals surface area contributed by atoms with E-state index < -0.39 is 10.0 Å². The molecule has 1 aliphatic carbocycles. The Morgan fingerprint density at radius 1 is 0.939 bits per heavy atom. The Bertz CT molecular complexity index is 1080. The molecule has 6 nitrogen and oxygen atoms in total. The SMILES string of the molecule is O=C(NCC1([NH+]2CCCCC2)CCCCC1)c1cccc(S(=O)(=O)Nc2cccc(Cl)c2)c1. The quantitative estimate of drug-likeness (QED) is 0.554. The molecule has 1 aliphatic heterocycles. The molecule has 1 saturated carbocycles. The van der Waals surface area contributed by atoms with Crippen molar-refractivity contribution in [1.82, 2.24) is 5.32 Å². The van der Waals surface area contributed by atoms with Gasteiger partial charge in [0.25, 0.3) is 15.9 Å². The summed E-state index contributed by atoms with van der Waals surface area (Å²) in [7, 11) is -3.84. The van der Waals surface area contributed by atoms with Crippen molar-refractivity contribution in [3.8, 4) is 0 Å². The molecule has 8 heteroatoms. The molecule has 0 spiro atoms. The van der Waals surface area contributed by atoms with E-state index in [9.17, 15) is 13.2 Å². The van der Waals surface area contributed by atoms with Crippen molar-refractivity contribution < 1.29 is 18.1 Å². The fraction of sp³-hybridized carbons (Fsp3) is 0.480. The number of halogens is 1. The number of likely N-dealkylation sites (tertiary alicyclic amines) is 1. The average Bonchev–Trinajstić information content (AvgIpc) is 2.83. The van der Waals surface area contributed by atoms with Crippen LogP contribution in [-0.2, 0) is 10.0 Å². The molecule has 33 heavy (non-hydrogen) atoms. The molecule has 1 heterocycles. The van der Waals surface area contributed by atoms with Gasteiger partial charge in [0.15, 0.2) is 0 Å². The van der Waals surface area contributed by atoms with E-state index in [4.69, 9.17) is 11.6 Å². The molecule has 1 amide bonds. The van der Waals surface area contributed by atoms with E-state index in [-0.39, 0.29) is 16.3 Å². The van der Waals surface area contributed by atoms with E-state index in [0.717, 1.165) is 12.8 Å². The minimum atomic E-state index is -3.84. The van der Waals surface area contributed by atoms with Crippen molar-refractivity contribution in [3.05, 3.63) is 59.1 Å². The molecule has 2 fully saturated rings. The van der Waals surface area contributed by atoms with Gasteiger partial charge in [-0.25, -0.2) is 8.42 Å². The summed E-state index contributed by atoms with van der Waals surface area (Å²) in [5, 5.41) is 3.59. The van der Waals surface area contributed by atoms with E-state index in [2.05, 4.69) is 10.0 Å². The third kappa shape index (κ3) is 5.89. The molecular formula is C25H33ClN3O3S+. The molecule has 1 saturated heterocycles. The lowest BCUT2D eigenvalue weighted by atomic mass is 9.79. The van der Waals surface area contributed by atoms with E-state index in [1.807, 2.05) is 0 Å². The molecule has 0 aromatic heterocycles. The van der Waals surface area contributed by atoms with Crippen LogP contribution in [-0.4, -0.2) is 39.5 Å². The average molecular weight is 491 g/mol. The van der Waals surface area contributed by atoms with Crippen LogP contribution in [0.25, 0.3) is 0 Å². The maximum absolute atomic E-state index is 13.0. The molecular weight excluding hydrogens is 458 g/mol. The fourth-order valence-electron chi connectivity index (χ4n) is 5.31. The van der Waals surface area contributed by atoms with Crippen molar-refractivity contribution in [2.24, 2.45) is 0 Å². The number of carbonyl (C=O) groups is 1. The normalized spacial score (nSPS) is 19.1. The second-order valence-electron chi connectivity index (χ2n) is 9.33. The zero-order valence-electron chi connectivity index (χ0n) is 18.9. The number of carbonyl (C=O) groups excluding carboxylic acids is 1. The van der Waals surface area contributed by atoms with E-state index in [1.54, 1.807) is 41.3 Å². The monoisotopic (exact) mass is 490 g/mol. The lowest BCUT2D eigenvalue weighted by Crippen LogP contribution is -3.22. The zero-order valence-corrected chi connectivity index (χ0v) is 20.5. The maximum Gasteiger partial charge on any atom is 0.261 e. The lowest BCUT2D eigenvalue weighted by Gasteiger charge is -2.45. The Kier molecular flexibility index (Phi) is 7.62. The van der Waals surface area contributed by atoms with E-state index in [0.29, 0.717) is 22.8 Å². The second-order valence-corrected chi connectivity index (χ2v) is 11.5. The Hall–Kier alpha value is -2.09. The van der Waals surface area contributed by atoms with E-state index >= 15 is 0 Å². The second kappa shape index (κ2) is 10.5. The molecule has 0 radical (unpaired) electrons. The zero-order chi connectivity index (χ0) is 23.3. The van der Waals surface area contributed by atoms with Gasteiger partial charge in [-0.05, 0) is 68.5 Å². The number of sulfonamides is 1. The van der Waals surface area contributed by atoms with Crippen LogP contribution in [0.3, 0.4) is 0 Å². The van der Waals surface area contributed by atoms with Gasteiger partial charge in [-0.3, -0.25) is 9.52 Å². The van der Waals surface area contributed by atoms with Gasteiger partial charge in [0.1, 0.15) is 5.54 Å². The molecule has 2 aromatic rings. The number of rotatable bonds is 7. The van der Waals surface area contributed by atoms with Crippen molar-refractivity contribution in [2.45, 2.75) is 61.8 Å². The first-order valence-electron chi connectivity index (χ1n) is 11.9. The third-order valence-corrected chi connectivity index (χ3v) is 8.70. The first-order chi connectivity index (χ1) is 15.9. The summed E-state index contributed by atoms with van der Waals surface area (Å²) < 4.78 is 28.2. The Balaban J connectivity index is 1.46. The third-order valence-electron chi connectivity index (χ3n) is 7.09. The predicted molar refractivity (Wildman–Crippen MR) is 131 cm³/mol. The Morgan fingerprint density at radius 2 is 1.64 bits per heavy atom. The highest BCUT2D eigenvalue weighted by Crippen LogP contribution is 2.26. The number of anilines is 1. The summed E-state index contributed by atoms with van der Waals surface area (Å²) >= 11 is 5.96. The standard InChI is InChI=1S/C25H32ClN3O3S/c26-21-10-8-11-22(18-21)28-33(31,32)23-12-7-9-20(17-23)24(30)27-19-25(13-3-1-4-14-25)29-15-5-2-6-16-29/h7-12,17-18,28H,1-6,13-16,19H2,(H,27,30)/p+1. The molecule has 4 rings (SSSR count). The molecule has 0 unspecified atom stereocenters. The predicted octanol–water partition coefficient (Wildman–Crippen LogP) is 3.64. The number of quaternary nitrogens is 1. The molecule has 0 atom stereocenters. The smallest absolute Gasteiger partial charge is 0.261 e. The number of nitrogens with one attached hydrogen (secondary N) is 3. The maximum atomic E-state index is 13.0. The Morgan fingerprint density at radius 3 is 2.36 bits per heavy atom. The van der Waals surface area contributed by atoms with Crippen molar-refractivity contribution in [1.29, 1.82) is 0 Å². The van der Waals surface area contributed by atoms with Crippen LogP contribution in [0.15, 0.2) is 53.4 Å². The van der Waals surface area contributed by atoms with Gasteiger partial charge < -0.3 is 10.2 Å². The topological polar surface area (TPSA) is 79.7 Å². The van der Waals surface area contributed by atoms with Gasteiger partial charge in [-0.1, -0.05) is 30.2 Å². The number of benzene rings is 2. The number of hydrogen-bond acceptors (Lipinski definition) is 3. The summed E-state index contributed by atoms with van der Waals surface area (Å²) in [4.78, 5) is 14.7. The van der Waals surface area contributed by atoms with Crippen molar-refractivity contribution >= 4 is 33.2 Å². The minimum Gasteiger partial charge on any atom is -0.346 e. The van der Waals surface area contributed by atoms with Crippen molar-refractivity contribution in [2.75, 3.05) is 24.4 Å². The summed E-state index contributed by atoms with van der Waals surface area (Å²) in [5.74, 6) is -0.226. The fourth-order valence-corrected chi connectivity index (χ4v) is 6.60. The molecule has 2 aliphatic rings. The first kappa shape index (κ1) is 24.0. The van der Waals surface area contributed by atoms with Crippen LogP contribution < -0.4 is 14.9 Å². The van der Waals surface area contributed by atoms with Crippen LogP contribution >= 0.6 is 11.6 Å². The van der Waals surface area contributed by atoms with Gasteiger partial charge in [-0.2, -0.15) is 0 Å². The largest absolute Gasteiger partial charge is 0.346 e. The molecule has 3 N–H and O–H groups in total. The van der Waals surface area contributed by atoms with Gasteiger partial charge in [0, 0.05) is 23.4 Å². The number of hydrogen-bond donors (Lipinski definition) is 3. The van der Waals surface area contributed by atoms with E-state index in [1.165, 1.54) is 63.7 Å². The summed E-state index contributed by atoms with van der Waals surface area (Å²) in [6, 6.07) is 12.7. The van der Waals surface area contributed by atoms with Gasteiger partial charge in [-0.15, -0.1) is 0 Å². The summed E-state index contributed by atoms with van der Waals surface area (Å²) in [5.41, 5.74) is 0.830. The lowest BCUT2D eigenvalue weighted by molar-refractivity contribution is -0.957. The highest BCUT2D eigenvalue weighted by molar-refractivity contribution is 7.92. The van der Waals surface area contributed by atoms with Crippen LogP contribution in [0.5, 0.6) is 0 Å². The summed E-state index contributed by atoms with van der Waals surface area (Å²) in [6.07, 6.45) is 9.78. The minimum absolute atomic E-state index is 0.0455. The Labute approximate surface area is 201 Å². The first-order valence-corrected chi connectivity index (χ1v) is 13.8. The summed E-state index contributed by atoms with van der Waals surface area (Å²) in [6.45, 7) is 3.00. The number of amides is 1.